The fourth-order valence-electron chi connectivity index (χ4n) is 2.20. The first-order chi connectivity index (χ1) is 10.7. The molecule has 0 aliphatic rings. The first-order valence-electron chi connectivity index (χ1n) is 7.43. The Hall–Kier alpha value is -2.33. The van der Waals surface area contributed by atoms with E-state index in [1.807, 2.05) is 18.2 Å². The van der Waals surface area contributed by atoms with Crippen molar-refractivity contribution >= 4 is 6.16 Å². The van der Waals surface area contributed by atoms with Gasteiger partial charge in [-0.1, -0.05) is 42.5 Å². The van der Waals surface area contributed by atoms with Crippen LogP contribution in [0.2, 0.25) is 0 Å². The maximum Gasteiger partial charge on any atom is 0.513 e. The summed E-state index contributed by atoms with van der Waals surface area (Å²) in [6.45, 7) is 2.69. The van der Waals surface area contributed by atoms with E-state index < -0.39 is 6.16 Å². The Morgan fingerprint density at radius 3 is 2.41 bits per heavy atom. The first-order valence-corrected chi connectivity index (χ1v) is 7.43. The molecule has 0 bridgehead atoms. The molecule has 4 nitrogen and oxygen atoms in total. The fourth-order valence-corrected chi connectivity index (χ4v) is 2.20. The van der Waals surface area contributed by atoms with Crippen LogP contribution in [0.5, 0.6) is 5.75 Å². The zero-order valence-corrected chi connectivity index (χ0v) is 12.7. The predicted molar refractivity (Wildman–Crippen MR) is 86.1 cm³/mol. The summed E-state index contributed by atoms with van der Waals surface area (Å²) in [5, 5.41) is 0. The third-order valence-electron chi connectivity index (χ3n) is 3.28. The van der Waals surface area contributed by atoms with E-state index in [1.165, 1.54) is 5.56 Å². The number of nitrogens with two attached hydrogens (primary N) is 1. The molecule has 0 heterocycles. The monoisotopic (exact) mass is 299 g/mol. The average Bonchev–Trinajstić information content (AvgIpc) is 2.52. The van der Waals surface area contributed by atoms with Gasteiger partial charge < -0.3 is 15.2 Å². The van der Waals surface area contributed by atoms with E-state index in [4.69, 9.17) is 15.2 Å². The van der Waals surface area contributed by atoms with Gasteiger partial charge in [-0.15, -0.1) is 0 Å². The average molecular weight is 299 g/mol. The molecule has 0 amide bonds. The van der Waals surface area contributed by atoms with Gasteiger partial charge in [0.25, 0.3) is 0 Å². The predicted octanol–water partition coefficient (Wildman–Crippen LogP) is 3.31. The standard InChI is InChI=1S/C18H21NO3/c1-2-21-18(20)22-17-6-4-3-5-16(17)13-15-9-7-14(8-10-15)11-12-19/h3-10H,2,11-13,19H2,1H3. The van der Waals surface area contributed by atoms with Crippen molar-refractivity contribution in [2.45, 2.75) is 19.8 Å². The highest BCUT2D eigenvalue weighted by atomic mass is 16.7. The van der Waals surface area contributed by atoms with E-state index in [9.17, 15) is 4.79 Å². The molecule has 4 heteroatoms. The molecule has 2 rings (SSSR count). The van der Waals surface area contributed by atoms with Crippen LogP contribution in [0, 0.1) is 0 Å². The largest absolute Gasteiger partial charge is 0.513 e. The second-order valence-corrected chi connectivity index (χ2v) is 4.92. The van der Waals surface area contributed by atoms with E-state index in [-0.39, 0.29) is 0 Å². The van der Waals surface area contributed by atoms with Crippen LogP contribution in [0.1, 0.15) is 23.6 Å². The number of carbonyl (C=O) groups is 1. The molecule has 2 aromatic rings. The molecule has 0 aliphatic carbocycles. The molecule has 0 aromatic heterocycles. The molecule has 0 unspecified atom stereocenters. The summed E-state index contributed by atoms with van der Waals surface area (Å²) in [5.41, 5.74) is 8.88. The first kappa shape index (κ1) is 16.0. The Labute approximate surface area is 130 Å². The second kappa shape index (κ2) is 8.20. The lowest BCUT2D eigenvalue weighted by Crippen LogP contribution is -2.11. The number of hydrogen-bond acceptors (Lipinski definition) is 4. The highest BCUT2D eigenvalue weighted by molar-refractivity contribution is 5.64. The number of ether oxygens (including phenoxy) is 2. The quantitative estimate of drug-likeness (QED) is 0.656. The number of hydrogen-bond donors (Lipinski definition) is 1. The van der Waals surface area contributed by atoms with E-state index in [0.717, 1.165) is 17.5 Å². The van der Waals surface area contributed by atoms with Crippen LogP contribution in [0.3, 0.4) is 0 Å². The van der Waals surface area contributed by atoms with Gasteiger partial charge in [0.1, 0.15) is 5.75 Å². The Bertz CT molecular complexity index is 608. The van der Waals surface area contributed by atoms with Gasteiger partial charge in [-0.25, -0.2) is 4.79 Å². The van der Waals surface area contributed by atoms with Crippen molar-refractivity contribution in [3.05, 3.63) is 65.2 Å². The van der Waals surface area contributed by atoms with Crippen molar-refractivity contribution in [2.75, 3.05) is 13.2 Å². The SMILES string of the molecule is CCOC(=O)Oc1ccccc1Cc1ccc(CCN)cc1. The molecule has 0 fully saturated rings. The topological polar surface area (TPSA) is 61.5 Å². The van der Waals surface area contributed by atoms with Crippen LogP contribution >= 0.6 is 0 Å². The van der Waals surface area contributed by atoms with Gasteiger partial charge >= 0.3 is 6.16 Å². The smallest absolute Gasteiger partial charge is 0.434 e. The lowest BCUT2D eigenvalue weighted by Gasteiger charge is -2.10. The maximum atomic E-state index is 11.5. The van der Waals surface area contributed by atoms with Crippen LogP contribution in [-0.4, -0.2) is 19.3 Å². The van der Waals surface area contributed by atoms with E-state index >= 15 is 0 Å². The van der Waals surface area contributed by atoms with Gasteiger partial charge in [-0.2, -0.15) is 0 Å². The Balaban J connectivity index is 2.10. The minimum atomic E-state index is -0.673. The second-order valence-electron chi connectivity index (χ2n) is 4.92. The molecule has 0 spiro atoms. The van der Waals surface area contributed by atoms with Crippen molar-refractivity contribution < 1.29 is 14.3 Å². The summed E-state index contributed by atoms with van der Waals surface area (Å²) in [5.74, 6) is 0.534. The highest BCUT2D eigenvalue weighted by Gasteiger charge is 2.10. The molecule has 22 heavy (non-hydrogen) atoms. The highest BCUT2D eigenvalue weighted by Crippen LogP contribution is 2.22. The van der Waals surface area contributed by atoms with Gasteiger partial charge in [-0.3, -0.25) is 0 Å². The minimum absolute atomic E-state index is 0.295. The van der Waals surface area contributed by atoms with Gasteiger partial charge in [0.15, 0.2) is 0 Å². The Morgan fingerprint density at radius 2 is 1.73 bits per heavy atom. The molecule has 0 saturated heterocycles. The Kier molecular flexibility index (Phi) is 5.98. The molecule has 0 atom stereocenters. The molecular weight excluding hydrogens is 278 g/mol. The van der Waals surface area contributed by atoms with Gasteiger partial charge in [0.05, 0.1) is 6.61 Å². The summed E-state index contributed by atoms with van der Waals surface area (Å²) in [4.78, 5) is 11.5. The van der Waals surface area contributed by atoms with E-state index in [2.05, 4.69) is 24.3 Å². The van der Waals surface area contributed by atoms with E-state index in [0.29, 0.717) is 25.3 Å². The van der Waals surface area contributed by atoms with Crippen molar-refractivity contribution in [3.8, 4) is 5.75 Å². The fraction of sp³-hybridized carbons (Fsp3) is 0.278. The van der Waals surface area contributed by atoms with Gasteiger partial charge in [0.2, 0.25) is 0 Å². The van der Waals surface area contributed by atoms with E-state index in [1.54, 1.807) is 13.0 Å². The summed E-state index contributed by atoms with van der Waals surface area (Å²) >= 11 is 0. The van der Waals surface area contributed by atoms with Crippen LogP contribution in [0.15, 0.2) is 48.5 Å². The molecule has 0 radical (unpaired) electrons. The van der Waals surface area contributed by atoms with Gasteiger partial charge in [-0.05, 0) is 42.6 Å². The Morgan fingerprint density at radius 1 is 1.05 bits per heavy atom. The molecule has 2 N–H and O–H groups in total. The van der Waals surface area contributed by atoms with Crippen molar-refractivity contribution in [2.24, 2.45) is 5.73 Å². The molecular formula is C18H21NO3. The van der Waals surface area contributed by atoms with Crippen molar-refractivity contribution in [3.63, 3.8) is 0 Å². The maximum absolute atomic E-state index is 11.5. The van der Waals surface area contributed by atoms with Crippen LogP contribution in [0.4, 0.5) is 4.79 Å². The number of carbonyl (C=O) groups excluding carboxylic acids is 1. The normalized spacial score (nSPS) is 10.3. The summed E-state index contributed by atoms with van der Waals surface area (Å²) < 4.78 is 10.1. The lowest BCUT2D eigenvalue weighted by atomic mass is 10.0. The summed E-state index contributed by atoms with van der Waals surface area (Å²) in [7, 11) is 0. The molecule has 0 saturated carbocycles. The zero-order chi connectivity index (χ0) is 15.8. The van der Waals surface area contributed by atoms with Gasteiger partial charge in [0, 0.05) is 6.42 Å². The van der Waals surface area contributed by atoms with Crippen molar-refractivity contribution in [1.82, 2.24) is 0 Å². The molecule has 116 valence electrons. The molecule has 2 aromatic carbocycles. The third-order valence-corrected chi connectivity index (χ3v) is 3.28. The summed E-state index contributed by atoms with van der Waals surface area (Å²) in [6, 6.07) is 15.8. The third kappa shape index (κ3) is 4.60. The van der Waals surface area contributed by atoms with Crippen LogP contribution in [-0.2, 0) is 17.6 Å². The zero-order valence-electron chi connectivity index (χ0n) is 12.7. The lowest BCUT2D eigenvalue weighted by molar-refractivity contribution is 0.104. The van der Waals surface area contributed by atoms with Crippen molar-refractivity contribution in [1.29, 1.82) is 0 Å². The number of para-hydroxylation sites is 1. The van der Waals surface area contributed by atoms with Crippen LogP contribution < -0.4 is 10.5 Å². The number of benzene rings is 2. The number of rotatable bonds is 6. The van der Waals surface area contributed by atoms with Crippen LogP contribution in [0.25, 0.3) is 0 Å². The molecule has 0 aliphatic heterocycles. The minimum Gasteiger partial charge on any atom is -0.434 e. The summed E-state index contributed by atoms with van der Waals surface area (Å²) in [6.07, 6.45) is 0.898.